The van der Waals surface area contributed by atoms with Crippen LogP contribution in [0.2, 0.25) is 0 Å². The lowest BCUT2D eigenvalue weighted by molar-refractivity contribution is 0.0601. The number of hydrogen-bond donors (Lipinski definition) is 3. The van der Waals surface area contributed by atoms with Crippen LogP contribution in [-0.4, -0.2) is 55.6 Å². The molecule has 1 heterocycles. The van der Waals surface area contributed by atoms with E-state index in [1.807, 2.05) is 6.07 Å². The van der Waals surface area contributed by atoms with Crippen LogP contribution in [0.1, 0.15) is 29.6 Å². The molecule has 0 amide bonds. The van der Waals surface area contributed by atoms with E-state index in [4.69, 9.17) is 9.84 Å². The number of rotatable bonds is 6. The predicted octanol–water partition coefficient (Wildman–Crippen LogP) is 1.23. The van der Waals surface area contributed by atoms with Crippen LogP contribution in [0, 0.1) is 0 Å². The van der Waals surface area contributed by atoms with Crippen LogP contribution < -0.4 is 10.2 Å². The number of anilines is 2. The zero-order valence-corrected chi connectivity index (χ0v) is 12.9. The third-order valence-corrected chi connectivity index (χ3v) is 3.85. The quantitative estimate of drug-likeness (QED) is 0.686. The fraction of sp³-hybridized carbons (Fsp3) is 0.562. The summed E-state index contributed by atoms with van der Waals surface area (Å²) in [5.74, 6) is -0.393. The van der Waals surface area contributed by atoms with E-state index in [0.29, 0.717) is 5.56 Å². The number of hydrogen-bond acceptors (Lipinski definition) is 6. The van der Waals surface area contributed by atoms with Gasteiger partial charge in [-0.3, -0.25) is 0 Å². The highest BCUT2D eigenvalue weighted by Gasteiger charge is 2.17. The topological polar surface area (TPSA) is 82.0 Å². The Hall–Kier alpha value is -1.79. The van der Waals surface area contributed by atoms with Crippen LogP contribution in [0.4, 0.5) is 11.4 Å². The standard InChI is InChI=1S/C16H24N2O4/c1-22-16(21)12-5-6-15(18-7-3-2-4-8-18)14(9-12)17-10-13(20)11-19/h5-6,9,13,17,19-20H,2-4,7-8,10-11H2,1H3. The van der Waals surface area contributed by atoms with Crippen LogP contribution in [0.3, 0.4) is 0 Å². The molecule has 1 unspecified atom stereocenters. The molecule has 22 heavy (non-hydrogen) atoms. The molecule has 1 aliphatic heterocycles. The SMILES string of the molecule is COC(=O)c1ccc(N2CCCCC2)c(NCC(O)CO)c1. The maximum Gasteiger partial charge on any atom is 0.337 e. The van der Waals surface area contributed by atoms with Gasteiger partial charge in [0.2, 0.25) is 0 Å². The summed E-state index contributed by atoms with van der Waals surface area (Å²) in [6, 6.07) is 5.40. The van der Waals surface area contributed by atoms with E-state index in [-0.39, 0.29) is 13.2 Å². The minimum absolute atomic E-state index is 0.224. The van der Waals surface area contributed by atoms with Crippen LogP contribution in [0.15, 0.2) is 18.2 Å². The molecule has 3 N–H and O–H groups in total. The maximum absolute atomic E-state index is 11.7. The van der Waals surface area contributed by atoms with Crippen LogP contribution >= 0.6 is 0 Å². The minimum atomic E-state index is -0.837. The summed E-state index contributed by atoms with van der Waals surface area (Å²) in [5.41, 5.74) is 2.25. The lowest BCUT2D eigenvalue weighted by Crippen LogP contribution is -2.31. The molecule has 6 heteroatoms. The Kier molecular flexibility index (Phi) is 6.03. The molecular formula is C16H24N2O4. The third-order valence-electron chi connectivity index (χ3n) is 3.85. The van der Waals surface area contributed by atoms with Crippen molar-refractivity contribution in [2.45, 2.75) is 25.4 Å². The number of aliphatic hydroxyl groups is 2. The van der Waals surface area contributed by atoms with Crippen molar-refractivity contribution in [2.75, 3.05) is 43.6 Å². The highest BCUT2D eigenvalue weighted by molar-refractivity contribution is 5.92. The number of carbonyl (C=O) groups excluding carboxylic acids is 1. The average molecular weight is 308 g/mol. The Morgan fingerprint density at radius 2 is 2.09 bits per heavy atom. The maximum atomic E-state index is 11.7. The van der Waals surface area contributed by atoms with Gasteiger partial charge in [-0.1, -0.05) is 0 Å². The second-order valence-electron chi connectivity index (χ2n) is 5.49. The average Bonchev–Trinajstić information content (AvgIpc) is 2.59. The van der Waals surface area contributed by atoms with Gasteiger partial charge in [0.25, 0.3) is 0 Å². The van der Waals surface area contributed by atoms with Gasteiger partial charge in [0.15, 0.2) is 0 Å². The summed E-state index contributed by atoms with van der Waals surface area (Å²) in [6.07, 6.45) is 2.70. The molecule has 1 fully saturated rings. The van der Waals surface area contributed by atoms with Crippen molar-refractivity contribution >= 4 is 17.3 Å². The van der Waals surface area contributed by atoms with Crippen molar-refractivity contribution in [3.8, 4) is 0 Å². The van der Waals surface area contributed by atoms with Crippen LogP contribution in [-0.2, 0) is 4.74 Å². The Morgan fingerprint density at radius 3 is 2.73 bits per heavy atom. The smallest absolute Gasteiger partial charge is 0.337 e. The van der Waals surface area contributed by atoms with Gasteiger partial charge in [0.05, 0.1) is 36.8 Å². The largest absolute Gasteiger partial charge is 0.465 e. The number of nitrogens with zero attached hydrogens (tertiary/aromatic N) is 1. The van der Waals surface area contributed by atoms with Gasteiger partial charge in [-0.2, -0.15) is 0 Å². The molecule has 0 spiro atoms. The van der Waals surface area contributed by atoms with Gasteiger partial charge in [0, 0.05) is 19.6 Å². The highest BCUT2D eigenvalue weighted by atomic mass is 16.5. The number of esters is 1. The van der Waals surface area contributed by atoms with Crippen molar-refractivity contribution in [1.82, 2.24) is 0 Å². The van der Waals surface area contributed by atoms with Gasteiger partial charge in [0.1, 0.15) is 0 Å². The van der Waals surface area contributed by atoms with Crippen LogP contribution in [0.5, 0.6) is 0 Å². The molecule has 1 saturated heterocycles. The number of ether oxygens (including phenoxy) is 1. The first-order chi connectivity index (χ1) is 10.7. The molecule has 2 rings (SSSR count). The predicted molar refractivity (Wildman–Crippen MR) is 85.4 cm³/mol. The second kappa shape index (κ2) is 8.00. The molecule has 6 nitrogen and oxygen atoms in total. The van der Waals surface area contributed by atoms with E-state index in [1.165, 1.54) is 13.5 Å². The summed E-state index contributed by atoms with van der Waals surface area (Å²) in [5, 5.41) is 21.6. The summed E-state index contributed by atoms with van der Waals surface area (Å²) in [6.45, 7) is 1.88. The normalized spacial score (nSPS) is 16.2. The number of nitrogens with one attached hydrogen (secondary N) is 1. The lowest BCUT2D eigenvalue weighted by atomic mass is 10.1. The summed E-state index contributed by atoms with van der Waals surface area (Å²) >= 11 is 0. The molecule has 0 aliphatic carbocycles. The van der Waals surface area contributed by atoms with E-state index in [9.17, 15) is 9.90 Å². The number of carbonyl (C=O) groups is 1. The number of piperidine rings is 1. The van der Waals surface area contributed by atoms with Crippen molar-refractivity contribution in [2.24, 2.45) is 0 Å². The summed E-state index contributed by atoms with van der Waals surface area (Å²) < 4.78 is 4.75. The Balaban J connectivity index is 2.23. The molecule has 0 radical (unpaired) electrons. The molecule has 122 valence electrons. The van der Waals surface area contributed by atoms with Crippen LogP contribution in [0.25, 0.3) is 0 Å². The summed E-state index contributed by atoms with van der Waals surface area (Å²) in [4.78, 5) is 14.0. The van der Waals surface area contributed by atoms with Gasteiger partial charge < -0.3 is 25.2 Å². The van der Waals surface area contributed by atoms with E-state index in [2.05, 4.69) is 10.2 Å². The molecule has 1 aromatic carbocycles. The molecule has 0 aromatic heterocycles. The third kappa shape index (κ3) is 4.11. The first-order valence-electron chi connectivity index (χ1n) is 7.66. The molecular weight excluding hydrogens is 284 g/mol. The van der Waals surface area contributed by atoms with E-state index >= 15 is 0 Å². The Labute approximate surface area is 130 Å². The lowest BCUT2D eigenvalue weighted by Gasteiger charge is -2.31. The Morgan fingerprint density at radius 1 is 1.36 bits per heavy atom. The van der Waals surface area contributed by atoms with Crippen molar-refractivity contribution in [3.05, 3.63) is 23.8 Å². The fourth-order valence-electron chi connectivity index (χ4n) is 2.63. The van der Waals surface area contributed by atoms with Gasteiger partial charge in [-0.05, 0) is 37.5 Å². The summed E-state index contributed by atoms with van der Waals surface area (Å²) in [7, 11) is 1.35. The molecule has 0 bridgehead atoms. The number of aliphatic hydroxyl groups excluding tert-OH is 2. The number of methoxy groups -OCH3 is 1. The van der Waals surface area contributed by atoms with Gasteiger partial charge >= 0.3 is 5.97 Å². The monoisotopic (exact) mass is 308 g/mol. The Bertz CT molecular complexity index is 501. The molecule has 1 atom stereocenters. The van der Waals surface area contributed by atoms with E-state index < -0.39 is 12.1 Å². The van der Waals surface area contributed by atoms with Gasteiger partial charge in [-0.25, -0.2) is 4.79 Å². The van der Waals surface area contributed by atoms with Crippen molar-refractivity contribution in [1.29, 1.82) is 0 Å². The molecule has 1 aromatic rings. The molecule has 1 aliphatic rings. The number of benzene rings is 1. The van der Waals surface area contributed by atoms with E-state index in [0.717, 1.165) is 37.3 Å². The van der Waals surface area contributed by atoms with Crippen molar-refractivity contribution < 1.29 is 19.7 Å². The van der Waals surface area contributed by atoms with E-state index in [1.54, 1.807) is 12.1 Å². The highest BCUT2D eigenvalue weighted by Crippen LogP contribution is 2.30. The molecule has 0 saturated carbocycles. The second-order valence-corrected chi connectivity index (χ2v) is 5.49. The van der Waals surface area contributed by atoms with Gasteiger partial charge in [-0.15, -0.1) is 0 Å². The zero-order valence-electron chi connectivity index (χ0n) is 12.9. The first-order valence-corrected chi connectivity index (χ1v) is 7.66. The fourth-order valence-corrected chi connectivity index (χ4v) is 2.63. The van der Waals surface area contributed by atoms with Crippen molar-refractivity contribution in [3.63, 3.8) is 0 Å². The minimum Gasteiger partial charge on any atom is -0.465 e. The zero-order chi connectivity index (χ0) is 15.9. The first kappa shape index (κ1) is 16.6.